The molecule has 2 nitrogen and oxygen atoms in total. The Morgan fingerprint density at radius 1 is 0.833 bits per heavy atom. The second kappa shape index (κ2) is 6.91. The summed E-state index contributed by atoms with van der Waals surface area (Å²) in [6, 6.07) is 1.01. The van der Waals surface area contributed by atoms with E-state index >= 15 is 0 Å². The highest BCUT2D eigenvalue weighted by atomic mass is 16.3. The van der Waals surface area contributed by atoms with Crippen LogP contribution >= 0.6 is 0 Å². The van der Waals surface area contributed by atoms with Gasteiger partial charge in [-0.15, -0.1) is 0 Å². The molecular formula is C16H31NO. The molecule has 2 heteroatoms. The normalized spacial score (nSPS) is 38.7. The highest BCUT2D eigenvalue weighted by Gasteiger charge is 2.31. The molecule has 0 saturated heterocycles. The Morgan fingerprint density at radius 2 is 1.44 bits per heavy atom. The van der Waals surface area contributed by atoms with Gasteiger partial charge in [0.25, 0.3) is 0 Å². The molecule has 2 N–H and O–H groups in total. The molecule has 0 bridgehead atoms. The highest BCUT2D eigenvalue weighted by molar-refractivity contribution is 4.88. The molecule has 0 spiro atoms. The van der Waals surface area contributed by atoms with Crippen LogP contribution in [0.2, 0.25) is 0 Å². The third kappa shape index (κ3) is 3.71. The summed E-state index contributed by atoms with van der Waals surface area (Å²) >= 11 is 0. The van der Waals surface area contributed by atoms with Crippen LogP contribution in [0.3, 0.4) is 0 Å². The number of rotatable bonds is 3. The van der Waals surface area contributed by atoms with Gasteiger partial charge in [-0.25, -0.2) is 0 Å². The Bertz CT molecular complexity index is 241. The molecule has 0 aliphatic heterocycles. The summed E-state index contributed by atoms with van der Waals surface area (Å²) in [6.45, 7) is 4.71. The molecule has 2 aliphatic rings. The molecule has 18 heavy (non-hydrogen) atoms. The van der Waals surface area contributed by atoms with E-state index in [0.717, 1.165) is 18.3 Å². The zero-order valence-electron chi connectivity index (χ0n) is 12.2. The first-order chi connectivity index (χ1) is 8.68. The van der Waals surface area contributed by atoms with Crippen LogP contribution in [0.15, 0.2) is 0 Å². The summed E-state index contributed by atoms with van der Waals surface area (Å²) in [7, 11) is 0. The monoisotopic (exact) mass is 253 g/mol. The Kier molecular flexibility index (Phi) is 5.50. The first kappa shape index (κ1) is 14.3. The van der Waals surface area contributed by atoms with E-state index in [2.05, 4.69) is 19.2 Å². The molecule has 0 heterocycles. The summed E-state index contributed by atoms with van der Waals surface area (Å²) < 4.78 is 0. The summed E-state index contributed by atoms with van der Waals surface area (Å²) in [5.74, 6) is 1.58. The van der Waals surface area contributed by atoms with E-state index in [1.54, 1.807) is 0 Å². The van der Waals surface area contributed by atoms with Crippen LogP contribution in [0.5, 0.6) is 0 Å². The third-order valence-electron chi connectivity index (χ3n) is 5.08. The van der Waals surface area contributed by atoms with Gasteiger partial charge in [-0.3, -0.25) is 0 Å². The maximum Gasteiger partial charge on any atom is 0.0693 e. The van der Waals surface area contributed by atoms with Crippen molar-refractivity contribution in [3.63, 3.8) is 0 Å². The third-order valence-corrected chi connectivity index (χ3v) is 5.08. The highest BCUT2D eigenvalue weighted by Crippen LogP contribution is 2.31. The summed E-state index contributed by atoms with van der Waals surface area (Å²) in [5, 5.41) is 14.1. The second-order valence-electron chi connectivity index (χ2n) is 6.78. The van der Waals surface area contributed by atoms with Crippen molar-refractivity contribution in [3.8, 4) is 0 Å². The van der Waals surface area contributed by atoms with Crippen molar-refractivity contribution in [2.45, 2.75) is 89.8 Å². The second-order valence-corrected chi connectivity index (χ2v) is 6.78. The van der Waals surface area contributed by atoms with Gasteiger partial charge in [0.05, 0.1) is 6.10 Å². The molecule has 4 unspecified atom stereocenters. The maximum atomic E-state index is 10.2. The van der Waals surface area contributed by atoms with Crippen molar-refractivity contribution in [3.05, 3.63) is 0 Å². The molecule has 4 atom stereocenters. The van der Waals surface area contributed by atoms with Gasteiger partial charge in [-0.05, 0) is 37.5 Å². The number of hydrogen-bond acceptors (Lipinski definition) is 2. The Morgan fingerprint density at radius 3 is 2.22 bits per heavy atom. The van der Waals surface area contributed by atoms with Crippen molar-refractivity contribution in [2.24, 2.45) is 11.8 Å². The van der Waals surface area contributed by atoms with E-state index in [1.807, 2.05) is 0 Å². The van der Waals surface area contributed by atoms with Crippen molar-refractivity contribution in [1.29, 1.82) is 0 Å². The molecule has 0 aromatic rings. The molecule has 2 saturated carbocycles. The molecule has 0 amide bonds. The Labute approximate surface area is 113 Å². The van der Waals surface area contributed by atoms with Crippen LogP contribution in [-0.2, 0) is 0 Å². The first-order valence-corrected chi connectivity index (χ1v) is 8.12. The zero-order chi connectivity index (χ0) is 13.0. The lowest BCUT2D eigenvalue weighted by Gasteiger charge is -2.38. The van der Waals surface area contributed by atoms with Crippen molar-refractivity contribution < 1.29 is 5.11 Å². The van der Waals surface area contributed by atoms with Gasteiger partial charge in [0.2, 0.25) is 0 Å². The number of nitrogens with one attached hydrogen (secondary N) is 1. The van der Waals surface area contributed by atoms with Gasteiger partial charge < -0.3 is 10.4 Å². The Hall–Kier alpha value is -0.0800. The largest absolute Gasteiger partial charge is 0.392 e. The molecule has 0 radical (unpaired) electrons. The number of aliphatic hydroxyl groups excluding tert-OH is 1. The fourth-order valence-corrected chi connectivity index (χ4v) is 3.92. The van der Waals surface area contributed by atoms with E-state index in [1.165, 1.54) is 51.4 Å². The predicted octanol–water partition coefficient (Wildman–Crippen LogP) is 3.48. The minimum absolute atomic E-state index is 0.109. The molecule has 0 aromatic heterocycles. The quantitative estimate of drug-likeness (QED) is 0.755. The molecule has 2 rings (SSSR count). The van der Waals surface area contributed by atoms with Crippen molar-refractivity contribution in [2.75, 3.05) is 0 Å². The van der Waals surface area contributed by atoms with Gasteiger partial charge in [0, 0.05) is 12.1 Å². The predicted molar refractivity (Wildman–Crippen MR) is 76.6 cm³/mol. The number of hydrogen-bond donors (Lipinski definition) is 2. The van der Waals surface area contributed by atoms with Gasteiger partial charge in [0.1, 0.15) is 0 Å². The van der Waals surface area contributed by atoms with E-state index in [9.17, 15) is 5.11 Å². The zero-order valence-corrected chi connectivity index (χ0v) is 12.2. The summed E-state index contributed by atoms with van der Waals surface area (Å²) in [6.07, 6.45) is 11.3. The van der Waals surface area contributed by atoms with E-state index in [0.29, 0.717) is 12.1 Å². The minimum Gasteiger partial charge on any atom is -0.392 e. The molecule has 0 aromatic carbocycles. The lowest BCUT2D eigenvalue weighted by Crippen LogP contribution is -2.50. The average molecular weight is 253 g/mol. The van der Waals surface area contributed by atoms with Crippen LogP contribution in [0.25, 0.3) is 0 Å². The van der Waals surface area contributed by atoms with Crippen LogP contribution in [0.1, 0.15) is 71.6 Å². The van der Waals surface area contributed by atoms with Crippen LogP contribution in [0.4, 0.5) is 0 Å². The summed E-state index contributed by atoms with van der Waals surface area (Å²) in [4.78, 5) is 0. The van der Waals surface area contributed by atoms with Crippen molar-refractivity contribution in [1.82, 2.24) is 5.32 Å². The molecule has 2 aliphatic carbocycles. The lowest BCUT2D eigenvalue weighted by molar-refractivity contribution is 0.0937. The summed E-state index contributed by atoms with van der Waals surface area (Å²) in [5.41, 5.74) is 0. The standard InChI is InChI=1S/C16H31NO/c1-12(2)13-8-6-7-9-14(13)17-15-10-4-3-5-11-16(15)18/h12-18H,3-11H2,1-2H3. The molecule has 2 fully saturated rings. The van der Waals surface area contributed by atoms with E-state index in [-0.39, 0.29) is 6.10 Å². The Balaban J connectivity index is 1.92. The van der Waals surface area contributed by atoms with Crippen LogP contribution < -0.4 is 5.32 Å². The van der Waals surface area contributed by atoms with Crippen molar-refractivity contribution >= 4 is 0 Å². The van der Waals surface area contributed by atoms with E-state index < -0.39 is 0 Å². The average Bonchev–Trinajstić information content (AvgIpc) is 2.55. The van der Waals surface area contributed by atoms with Gasteiger partial charge >= 0.3 is 0 Å². The minimum atomic E-state index is -0.109. The fourth-order valence-electron chi connectivity index (χ4n) is 3.92. The molecular weight excluding hydrogens is 222 g/mol. The topological polar surface area (TPSA) is 32.3 Å². The van der Waals surface area contributed by atoms with Gasteiger partial charge in [-0.1, -0.05) is 46.0 Å². The van der Waals surface area contributed by atoms with Gasteiger partial charge in [0.15, 0.2) is 0 Å². The first-order valence-electron chi connectivity index (χ1n) is 8.12. The van der Waals surface area contributed by atoms with Crippen LogP contribution in [-0.4, -0.2) is 23.3 Å². The maximum absolute atomic E-state index is 10.2. The smallest absolute Gasteiger partial charge is 0.0693 e. The SMILES string of the molecule is CC(C)C1CCCCC1NC1CCCCCC1O. The van der Waals surface area contributed by atoms with Gasteiger partial charge in [-0.2, -0.15) is 0 Å². The lowest BCUT2D eigenvalue weighted by atomic mass is 9.77. The fraction of sp³-hybridized carbons (Fsp3) is 1.00. The van der Waals surface area contributed by atoms with Crippen LogP contribution in [0, 0.1) is 11.8 Å². The molecule has 106 valence electrons. The van der Waals surface area contributed by atoms with E-state index in [4.69, 9.17) is 0 Å². The number of aliphatic hydroxyl groups is 1.